The lowest BCUT2D eigenvalue weighted by atomic mass is 9.90. The molecule has 0 aliphatic carbocycles. The first-order valence-electron chi connectivity index (χ1n) is 5.97. The van der Waals surface area contributed by atoms with Crippen molar-refractivity contribution in [2.45, 2.75) is 32.6 Å². The smallest absolute Gasteiger partial charge is 0.180 e. The fraction of sp³-hybridized carbons (Fsp3) is 0.357. The number of anilines is 1. The number of hydrogen-bond acceptors (Lipinski definition) is 3. The zero-order valence-corrected chi connectivity index (χ0v) is 13.5. The lowest BCUT2D eigenvalue weighted by molar-refractivity contribution is 0.568. The van der Waals surface area contributed by atoms with Gasteiger partial charge in [0.15, 0.2) is 5.13 Å². The molecule has 0 spiro atoms. The normalized spacial score (nSPS) is 11.8. The van der Waals surface area contributed by atoms with Crippen LogP contribution in [0.1, 0.15) is 36.9 Å². The van der Waals surface area contributed by atoms with Crippen LogP contribution in [0.15, 0.2) is 18.2 Å². The second kappa shape index (κ2) is 5.31. The second-order valence-electron chi connectivity index (χ2n) is 5.50. The maximum atomic E-state index is 6.05. The first-order chi connectivity index (χ1) is 8.77. The van der Waals surface area contributed by atoms with E-state index in [9.17, 15) is 0 Å². The molecule has 0 amide bonds. The summed E-state index contributed by atoms with van der Waals surface area (Å²) in [7, 11) is 0. The van der Waals surface area contributed by atoms with Crippen molar-refractivity contribution < 1.29 is 0 Å². The molecular weight excluding hydrogens is 299 g/mol. The van der Waals surface area contributed by atoms with Crippen molar-refractivity contribution in [3.63, 3.8) is 0 Å². The predicted molar refractivity (Wildman–Crippen MR) is 84.5 cm³/mol. The van der Waals surface area contributed by atoms with Crippen LogP contribution in [-0.2, 0) is 11.8 Å². The molecule has 1 heterocycles. The zero-order chi connectivity index (χ0) is 14.2. The predicted octanol–water partition coefficient (Wildman–Crippen LogP) is 4.92. The maximum Gasteiger partial charge on any atom is 0.180 e. The fourth-order valence-electron chi connectivity index (χ4n) is 1.91. The first-order valence-corrected chi connectivity index (χ1v) is 7.54. The van der Waals surface area contributed by atoms with Crippen LogP contribution in [0.4, 0.5) is 5.13 Å². The molecule has 0 fully saturated rings. The number of benzene rings is 1. The number of nitrogens with two attached hydrogens (primary N) is 1. The molecule has 2 nitrogen and oxygen atoms in total. The summed E-state index contributed by atoms with van der Waals surface area (Å²) in [4.78, 5) is 5.64. The van der Waals surface area contributed by atoms with Crippen molar-refractivity contribution in [3.05, 3.63) is 44.4 Å². The van der Waals surface area contributed by atoms with E-state index in [-0.39, 0.29) is 5.41 Å². The van der Waals surface area contributed by atoms with E-state index < -0.39 is 0 Å². The van der Waals surface area contributed by atoms with Crippen LogP contribution in [0.3, 0.4) is 0 Å². The van der Waals surface area contributed by atoms with Gasteiger partial charge in [-0.25, -0.2) is 4.98 Å². The molecule has 0 saturated carbocycles. The molecule has 1 aromatic carbocycles. The number of rotatable bonds is 2. The highest BCUT2D eigenvalue weighted by Crippen LogP contribution is 2.33. The van der Waals surface area contributed by atoms with Gasteiger partial charge in [0.05, 0.1) is 15.7 Å². The Morgan fingerprint density at radius 1 is 1.21 bits per heavy atom. The van der Waals surface area contributed by atoms with Crippen LogP contribution in [0, 0.1) is 0 Å². The van der Waals surface area contributed by atoms with E-state index in [0.29, 0.717) is 15.2 Å². The molecule has 0 aliphatic rings. The van der Waals surface area contributed by atoms with Gasteiger partial charge in [-0.1, -0.05) is 50.0 Å². The Hall–Kier alpha value is -0.770. The van der Waals surface area contributed by atoms with Crippen LogP contribution in [0.5, 0.6) is 0 Å². The average molecular weight is 315 g/mol. The molecule has 0 aliphatic heterocycles. The molecule has 19 heavy (non-hydrogen) atoms. The minimum Gasteiger partial charge on any atom is -0.375 e. The summed E-state index contributed by atoms with van der Waals surface area (Å²) >= 11 is 13.5. The summed E-state index contributed by atoms with van der Waals surface area (Å²) in [5.41, 5.74) is 8.00. The quantitative estimate of drug-likeness (QED) is 0.854. The standard InChI is InChI=1S/C14H16Cl2N2S/c1-14(2,3)12-11(19-13(17)18-12)7-8-4-5-9(15)10(16)6-8/h4-6H,7H2,1-3H3,(H2,17,18). The number of nitrogen functional groups attached to an aromatic ring is 1. The van der Waals surface area contributed by atoms with Crippen molar-refractivity contribution in [3.8, 4) is 0 Å². The van der Waals surface area contributed by atoms with Crippen LogP contribution in [0.2, 0.25) is 10.0 Å². The molecule has 1 aromatic heterocycles. The third-order valence-corrected chi connectivity index (χ3v) is 4.40. The van der Waals surface area contributed by atoms with Crippen molar-refractivity contribution in [1.29, 1.82) is 0 Å². The van der Waals surface area contributed by atoms with Crippen molar-refractivity contribution >= 4 is 39.7 Å². The van der Waals surface area contributed by atoms with Crippen molar-refractivity contribution in [2.24, 2.45) is 0 Å². The van der Waals surface area contributed by atoms with E-state index in [1.807, 2.05) is 18.2 Å². The molecule has 0 saturated heterocycles. The topological polar surface area (TPSA) is 38.9 Å². The molecule has 2 N–H and O–H groups in total. The molecule has 0 unspecified atom stereocenters. The van der Waals surface area contributed by atoms with Gasteiger partial charge in [-0.15, -0.1) is 11.3 Å². The van der Waals surface area contributed by atoms with E-state index in [1.54, 1.807) is 0 Å². The monoisotopic (exact) mass is 314 g/mol. The Morgan fingerprint density at radius 2 is 1.89 bits per heavy atom. The summed E-state index contributed by atoms with van der Waals surface area (Å²) in [5, 5.41) is 1.76. The van der Waals surface area contributed by atoms with Gasteiger partial charge in [-0.3, -0.25) is 0 Å². The largest absolute Gasteiger partial charge is 0.375 e. The Morgan fingerprint density at radius 3 is 2.47 bits per heavy atom. The number of hydrogen-bond donors (Lipinski definition) is 1. The maximum absolute atomic E-state index is 6.05. The summed E-state index contributed by atoms with van der Waals surface area (Å²) in [5.74, 6) is 0. The SMILES string of the molecule is CC(C)(C)c1nc(N)sc1Cc1ccc(Cl)c(Cl)c1. The van der Waals surface area contributed by atoms with E-state index in [0.717, 1.165) is 17.7 Å². The Labute approximate surface area is 127 Å². The minimum absolute atomic E-state index is 0.0142. The van der Waals surface area contributed by atoms with Crippen LogP contribution in [0.25, 0.3) is 0 Å². The molecule has 0 atom stereocenters. The third kappa shape index (κ3) is 3.41. The number of halogens is 2. The summed E-state index contributed by atoms with van der Waals surface area (Å²) in [6.45, 7) is 6.42. The van der Waals surface area contributed by atoms with E-state index in [4.69, 9.17) is 28.9 Å². The second-order valence-corrected chi connectivity index (χ2v) is 7.43. The highest BCUT2D eigenvalue weighted by atomic mass is 35.5. The van der Waals surface area contributed by atoms with Gasteiger partial charge < -0.3 is 5.73 Å². The number of thiazole rings is 1. The molecule has 0 radical (unpaired) electrons. The minimum atomic E-state index is -0.0142. The Kier molecular flexibility index (Phi) is 4.09. The Balaban J connectivity index is 2.35. The highest BCUT2D eigenvalue weighted by molar-refractivity contribution is 7.15. The van der Waals surface area contributed by atoms with Gasteiger partial charge in [0, 0.05) is 16.7 Å². The van der Waals surface area contributed by atoms with E-state index in [2.05, 4.69) is 25.8 Å². The molecular formula is C14H16Cl2N2S. The third-order valence-electron chi connectivity index (χ3n) is 2.77. The van der Waals surface area contributed by atoms with Gasteiger partial charge in [0.1, 0.15) is 0 Å². The average Bonchev–Trinajstić information content (AvgIpc) is 2.65. The highest BCUT2D eigenvalue weighted by Gasteiger charge is 2.22. The van der Waals surface area contributed by atoms with E-state index in [1.165, 1.54) is 16.2 Å². The molecule has 2 aromatic rings. The zero-order valence-electron chi connectivity index (χ0n) is 11.1. The molecule has 102 valence electrons. The first kappa shape index (κ1) is 14.6. The summed E-state index contributed by atoms with van der Waals surface area (Å²) in [6.07, 6.45) is 0.776. The number of nitrogens with zero attached hydrogens (tertiary/aromatic N) is 1. The lowest BCUT2D eigenvalue weighted by Crippen LogP contribution is -2.14. The molecule has 5 heteroatoms. The van der Waals surface area contributed by atoms with Gasteiger partial charge in [0.25, 0.3) is 0 Å². The summed E-state index contributed by atoms with van der Waals surface area (Å²) < 4.78 is 0. The summed E-state index contributed by atoms with van der Waals surface area (Å²) in [6, 6.07) is 5.70. The van der Waals surface area contributed by atoms with Crippen molar-refractivity contribution in [1.82, 2.24) is 4.98 Å². The van der Waals surface area contributed by atoms with Crippen molar-refractivity contribution in [2.75, 3.05) is 5.73 Å². The van der Waals surface area contributed by atoms with Gasteiger partial charge in [0.2, 0.25) is 0 Å². The van der Waals surface area contributed by atoms with Gasteiger partial charge in [-0.05, 0) is 17.7 Å². The van der Waals surface area contributed by atoms with E-state index >= 15 is 0 Å². The molecule has 2 rings (SSSR count). The fourth-order valence-corrected chi connectivity index (χ4v) is 3.31. The lowest BCUT2D eigenvalue weighted by Gasteiger charge is -2.17. The number of aromatic nitrogens is 1. The van der Waals surface area contributed by atoms with Crippen LogP contribution < -0.4 is 5.73 Å². The van der Waals surface area contributed by atoms with Crippen LogP contribution in [-0.4, -0.2) is 4.98 Å². The van der Waals surface area contributed by atoms with Gasteiger partial charge >= 0.3 is 0 Å². The van der Waals surface area contributed by atoms with Crippen LogP contribution >= 0.6 is 34.5 Å². The molecule has 0 bridgehead atoms. The van der Waals surface area contributed by atoms with Gasteiger partial charge in [-0.2, -0.15) is 0 Å². The Bertz CT molecular complexity index is 600.